The van der Waals surface area contributed by atoms with Crippen molar-refractivity contribution in [3.8, 4) is 0 Å². The van der Waals surface area contributed by atoms with Gasteiger partial charge in [0.2, 0.25) is 0 Å². The number of nitrogens with two attached hydrogens (primary N) is 1. The zero-order valence-electron chi connectivity index (χ0n) is 8.11. The Kier molecular flexibility index (Phi) is 5.31. The molecule has 0 aliphatic carbocycles. The molecule has 1 atom stereocenters. The highest BCUT2D eigenvalue weighted by atomic mass is 16.5. The van der Waals surface area contributed by atoms with Gasteiger partial charge in [-0.15, -0.1) is 0 Å². The van der Waals surface area contributed by atoms with Crippen LogP contribution in [0.2, 0.25) is 0 Å². The normalized spacial score (nSPS) is 21.7. The first-order chi connectivity index (χ1) is 6.36. The van der Waals surface area contributed by atoms with E-state index < -0.39 is 0 Å². The quantitative estimate of drug-likeness (QED) is 0.597. The molecule has 0 aromatic rings. The molecule has 0 bridgehead atoms. The molecule has 4 nitrogen and oxygen atoms in total. The monoisotopic (exact) mass is 188 g/mol. The average Bonchev–Trinajstić information content (AvgIpc) is 2.21. The molecule has 1 unspecified atom stereocenters. The molecule has 0 radical (unpaired) electrons. The van der Waals surface area contributed by atoms with Crippen molar-refractivity contribution >= 4 is 0 Å². The summed E-state index contributed by atoms with van der Waals surface area (Å²) in [6.45, 7) is 5.54. The van der Waals surface area contributed by atoms with E-state index in [1.807, 2.05) is 0 Å². The van der Waals surface area contributed by atoms with Gasteiger partial charge in [0.1, 0.15) is 0 Å². The molecule has 1 rings (SSSR count). The van der Waals surface area contributed by atoms with Crippen molar-refractivity contribution in [2.45, 2.75) is 6.42 Å². The van der Waals surface area contributed by atoms with Crippen LogP contribution in [0.25, 0.3) is 0 Å². The van der Waals surface area contributed by atoms with E-state index in [1.54, 1.807) is 0 Å². The van der Waals surface area contributed by atoms with Gasteiger partial charge in [-0.3, -0.25) is 4.90 Å². The Hall–Kier alpha value is -0.160. The smallest absolute Gasteiger partial charge is 0.0594 e. The summed E-state index contributed by atoms with van der Waals surface area (Å²) in [6.07, 6.45) is 0.993. The molecule has 1 aliphatic heterocycles. The van der Waals surface area contributed by atoms with Gasteiger partial charge in [0.05, 0.1) is 13.2 Å². The topological polar surface area (TPSA) is 58.7 Å². The first kappa shape index (κ1) is 10.9. The lowest BCUT2D eigenvalue weighted by Crippen LogP contribution is -2.38. The van der Waals surface area contributed by atoms with Crippen LogP contribution in [0.5, 0.6) is 0 Å². The molecule has 0 aromatic heterocycles. The van der Waals surface area contributed by atoms with Crippen LogP contribution in [-0.4, -0.2) is 56.0 Å². The lowest BCUT2D eigenvalue weighted by Gasteiger charge is -2.27. The van der Waals surface area contributed by atoms with E-state index in [0.717, 1.165) is 39.3 Å². The summed E-state index contributed by atoms with van der Waals surface area (Å²) in [5, 5.41) is 8.93. The minimum absolute atomic E-state index is 0.209. The SMILES string of the molecule is NCC(CO)CCN1CCOCC1. The van der Waals surface area contributed by atoms with Crippen LogP contribution in [0.3, 0.4) is 0 Å². The molecule has 1 aliphatic rings. The number of aliphatic hydroxyl groups is 1. The Balaban J connectivity index is 2.09. The van der Waals surface area contributed by atoms with E-state index >= 15 is 0 Å². The highest BCUT2D eigenvalue weighted by Gasteiger charge is 2.12. The predicted octanol–water partition coefficient (Wildman–Crippen LogP) is -0.724. The summed E-state index contributed by atoms with van der Waals surface area (Å²) in [5.74, 6) is 0.267. The van der Waals surface area contributed by atoms with Crippen LogP contribution in [0, 0.1) is 5.92 Å². The molecule has 0 saturated carbocycles. The first-order valence-electron chi connectivity index (χ1n) is 4.98. The van der Waals surface area contributed by atoms with Gasteiger partial charge in [0, 0.05) is 19.7 Å². The van der Waals surface area contributed by atoms with Crippen LogP contribution < -0.4 is 5.73 Å². The van der Waals surface area contributed by atoms with Crippen molar-refractivity contribution in [2.24, 2.45) is 11.7 Å². The van der Waals surface area contributed by atoms with Gasteiger partial charge >= 0.3 is 0 Å². The first-order valence-corrected chi connectivity index (χ1v) is 4.98. The summed E-state index contributed by atoms with van der Waals surface area (Å²) in [6, 6.07) is 0. The largest absolute Gasteiger partial charge is 0.396 e. The highest BCUT2D eigenvalue weighted by molar-refractivity contribution is 4.65. The van der Waals surface area contributed by atoms with E-state index in [4.69, 9.17) is 15.6 Å². The second-order valence-electron chi connectivity index (χ2n) is 3.53. The van der Waals surface area contributed by atoms with Crippen molar-refractivity contribution < 1.29 is 9.84 Å². The molecule has 1 heterocycles. The third-order valence-electron chi connectivity index (χ3n) is 2.55. The Bertz CT molecular complexity index is 123. The Morgan fingerprint density at radius 2 is 2.08 bits per heavy atom. The van der Waals surface area contributed by atoms with Gasteiger partial charge in [-0.1, -0.05) is 0 Å². The van der Waals surface area contributed by atoms with E-state index in [9.17, 15) is 0 Å². The fourth-order valence-corrected chi connectivity index (χ4v) is 1.47. The minimum atomic E-state index is 0.209. The van der Waals surface area contributed by atoms with Crippen molar-refractivity contribution in [3.63, 3.8) is 0 Å². The molecule has 3 N–H and O–H groups in total. The summed E-state index contributed by atoms with van der Waals surface area (Å²) in [7, 11) is 0. The lowest BCUT2D eigenvalue weighted by molar-refractivity contribution is 0.0342. The number of hydrogen-bond acceptors (Lipinski definition) is 4. The van der Waals surface area contributed by atoms with Gasteiger partial charge in [0.25, 0.3) is 0 Å². The number of aliphatic hydroxyl groups excluding tert-OH is 1. The molecule has 0 amide bonds. The number of nitrogens with zero attached hydrogens (tertiary/aromatic N) is 1. The number of ether oxygens (including phenoxy) is 1. The maximum absolute atomic E-state index is 8.93. The van der Waals surface area contributed by atoms with Crippen molar-refractivity contribution in [3.05, 3.63) is 0 Å². The average molecular weight is 188 g/mol. The maximum atomic E-state index is 8.93. The number of rotatable bonds is 5. The predicted molar refractivity (Wildman–Crippen MR) is 51.5 cm³/mol. The van der Waals surface area contributed by atoms with Crippen LogP contribution >= 0.6 is 0 Å². The zero-order valence-corrected chi connectivity index (χ0v) is 8.11. The van der Waals surface area contributed by atoms with Crippen LogP contribution in [-0.2, 0) is 4.74 Å². The Morgan fingerprint density at radius 3 is 2.62 bits per heavy atom. The van der Waals surface area contributed by atoms with E-state index in [-0.39, 0.29) is 12.5 Å². The summed E-state index contributed by atoms with van der Waals surface area (Å²) in [5.41, 5.74) is 5.50. The van der Waals surface area contributed by atoms with Crippen molar-refractivity contribution in [1.82, 2.24) is 4.90 Å². The van der Waals surface area contributed by atoms with E-state index in [1.165, 1.54) is 0 Å². The third kappa shape index (κ3) is 4.04. The van der Waals surface area contributed by atoms with Gasteiger partial charge < -0.3 is 15.6 Å². The highest BCUT2D eigenvalue weighted by Crippen LogP contribution is 2.04. The number of morpholine rings is 1. The fraction of sp³-hybridized carbons (Fsp3) is 1.00. The summed E-state index contributed by atoms with van der Waals surface area (Å²) in [4.78, 5) is 2.36. The Morgan fingerprint density at radius 1 is 1.38 bits per heavy atom. The fourth-order valence-electron chi connectivity index (χ4n) is 1.47. The molecular weight excluding hydrogens is 168 g/mol. The van der Waals surface area contributed by atoms with E-state index in [2.05, 4.69) is 4.90 Å². The van der Waals surface area contributed by atoms with Gasteiger partial charge in [-0.25, -0.2) is 0 Å². The number of hydrogen-bond donors (Lipinski definition) is 2. The van der Waals surface area contributed by atoms with Crippen molar-refractivity contribution in [2.75, 3.05) is 46.0 Å². The lowest BCUT2D eigenvalue weighted by atomic mass is 10.1. The summed E-state index contributed by atoms with van der Waals surface area (Å²) < 4.78 is 5.24. The third-order valence-corrected chi connectivity index (χ3v) is 2.55. The zero-order chi connectivity index (χ0) is 9.52. The summed E-state index contributed by atoms with van der Waals surface area (Å²) >= 11 is 0. The molecular formula is C9H20N2O2. The molecule has 1 fully saturated rings. The molecule has 1 saturated heterocycles. The minimum Gasteiger partial charge on any atom is -0.396 e. The Labute approximate surface area is 79.7 Å². The second kappa shape index (κ2) is 6.32. The molecule has 0 spiro atoms. The maximum Gasteiger partial charge on any atom is 0.0594 e. The molecule has 13 heavy (non-hydrogen) atoms. The molecule has 4 heteroatoms. The molecule has 78 valence electrons. The second-order valence-corrected chi connectivity index (χ2v) is 3.53. The molecule has 0 aromatic carbocycles. The van der Waals surface area contributed by atoms with Crippen LogP contribution in [0.1, 0.15) is 6.42 Å². The van der Waals surface area contributed by atoms with Gasteiger partial charge in [0.15, 0.2) is 0 Å². The van der Waals surface area contributed by atoms with Crippen molar-refractivity contribution in [1.29, 1.82) is 0 Å². The standard InChI is InChI=1S/C9H20N2O2/c10-7-9(8-12)1-2-11-3-5-13-6-4-11/h9,12H,1-8,10H2. The van der Waals surface area contributed by atoms with Gasteiger partial charge in [-0.05, 0) is 25.4 Å². The van der Waals surface area contributed by atoms with Crippen LogP contribution in [0.15, 0.2) is 0 Å². The van der Waals surface area contributed by atoms with Gasteiger partial charge in [-0.2, -0.15) is 0 Å². The van der Waals surface area contributed by atoms with Crippen LogP contribution in [0.4, 0.5) is 0 Å². The van der Waals surface area contributed by atoms with E-state index in [0.29, 0.717) is 6.54 Å².